The predicted molar refractivity (Wildman–Crippen MR) is 108 cm³/mol. The molecule has 3 aromatic rings. The van der Waals surface area contributed by atoms with Crippen molar-refractivity contribution in [2.24, 2.45) is 0 Å². The van der Waals surface area contributed by atoms with Crippen LogP contribution in [0.4, 0.5) is 5.69 Å². The van der Waals surface area contributed by atoms with Gasteiger partial charge in [0.25, 0.3) is 0 Å². The van der Waals surface area contributed by atoms with Crippen molar-refractivity contribution < 1.29 is 17.9 Å². The average Bonchev–Trinajstić information content (AvgIpc) is 2.99. The van der Waals surface area contributed by atoms with Crippen LogP contribution in [0.5, 0.6) is 11.5 Å². The molecule has 5 nitrogen and oxygen atoms in total. The number of hydrogen-bond acceptors (Lipinski definition) is 4. The molecule has 0 saturated carbocycles. The standard InChI is InChI=1S/C22H17NO4S/c24-22(23-18-9-8-17-12-13-28(25,26)21(17)15-18)14-16-6-10-20(11-7-16)27-19-4-2-1-3-5-19/h1-13,15H,14H2,(H,23,24). The molecule has 0 saturated heterocycles. The van der Waals surface area contributed by atoms with Crippen LogP contribution in [0.1, 0.15) is 11.1 Å². The highest BCUT2D eigenvalue weighted by Gasteiger charge is 2.21. The zero-order valence-corrected chi connectivity index (χ0v) is 15.6. The minimum Gasteiger partial charge on any atom is -0.457 e. The molecule has 0 radical (unpaired) electrons. The monoisotopic (exact) mass is 391 g/mol. The van der Waals surface area contributed by atoms with Gasteiger partial charge in [0.1, 0.15) is 11.5 Å². The number of hydrogen-bond donors (Lipinski definition) is 1. The fourth-order valence-electron chi connectivity index (χ4n) is 2.92. The van der Waals surface area contributed by atoms with E-state index in [9.17, 15) is 13.2 Å². The second-order valence-corrected chi connectivity index (χ2v) is 8.19. The lowest BCUT2D eigenvalue weighted by atomic mass is 10.1. The summed E-state index contributed by atoms with van der Waals surface area (Å²) in [7, 11) is -3.40. The minimum atomic E-state index is -3.40. The Labute approximate surface area is 163 Å². The first-order valence-electron chi connectivity index (χ1n) is 8.68. The summed E-state index contributed by atoms with van der Waals surface area (Å²) in [5.74, 6) is 1.21. The molecule has 0 spiro atoms. The molecule has 28 heavy (non-hydrogen) atoms. The molecule has 0 atom stereocenters. The van der Waals surface area contributed by atoms with E-state index in [0.717, 1.165) is 11.3 Å². The Morgan fingerprint density at radius 1 is 0.893 bits per heavy atom. The van der Waals surface area contributed by atoms with Gasteiger partial charge >= 0.3 is 0 Å². The van der Waals surface area contributed by atoms with Crippen LogP contribution in [0.3, 0.4) is 0 Å². The van der Waals surface area contributed by atoms with Crippen LogP contribution in [0, 0.1) is 0 Å². The van der Waals surface area contributed by atoms with Crippen molar-refractivity contribution in [3.05, 3.63) is 89.3 Å². The van der Waals surface area contributed by atoms with Gasteiger partial charge in [0.15, 0.2) is 0 Å². The van der Waals surface area contributed by atoms with Crippen molar-refractivity contribution in [3.8, 4) is 11.5 Å². The zero-order chi connectivity index (χ0) is 19.6. The van der Waals surface area contributed by atoms with Gasteiger partial charge in [0, 0.05) is 11.1 Å². The van der Waals surface area contributed by atoms with Gasteiger partial charge in [0.05, 0.1) is 11.3 Å². The van der Waals surface area contributed by atoms with Crippen LogP contribution >= 0.6 is 0 Å². The van der Waals surface area contributed by atoms with Crippen LogP contribution in [-0.2, 0) is 21.1 Å². The Balaban J connectivity index is 1.39. The number of sulfone groups is 1. The molecule has 1 heterocycles. The van der Waals surface area contributed by atoms with Crippen LogP contribution in [0.25, 0.3) is 6.08 Å². The van der Waals surface area contributed by atoms with E-state index in [1.54, 1.807) is 18.2 Å². The van der Waals surface area contributed by atoms with Crippen molar-refractivity contribution in [2.45, 2.75) is 11.3 Å². The maximum atomic E-state index is 12.3. The summed E-state index contributed by atoms with van der Waals surface area (Å²) in [6, 6.07) is 21.6. The average molecular weight is 391 g/mol. The van der Waals surface area contributed by atoms with E-state index in [1.807, 2.05) is 54.6 Å². The molecule has 0 bridgehead atoms. The number of carbonyl (C=O) groups is 1. The smallest absolute Gasteiger partial charge is 0.228 e. The van der Waals surface area contributed by atoms with E-state index in [2.05, 4.69) is 5.32 Å². The van der Waals surface area contributed by atoms with Crippen molar-refractivity contribution in [1.82, 2.24) is 0 Å². The predicted octanol–water partition coefficient (Wildman–Crippen LogP) is 4.42. The maximum absolute atomic E-state index is 12.3. The summed E-state index contributed by atoms with van der Waals surface area (Å²) < 4.78 is 29.6. The van der Waals surface area contributed by atoms with E-state index in [0.29, 0.717) is 17.0 Å². The van der Waals surface area contributed by atoms with Crippen LogP contribution in [0.15, 0.2) is 83.1 Å². The largest absolute Gasteiger partial charge is 0.457 e. The van der Waals surface area contributed by atoms with Crippen LogP contribution in [0.2, 0.25) is 0 Å². The fourth-order valence-corrected chi connectivity index (χ4v) is 4.15. The number of carbonyl (C=O) groups excluding carboxylic acids is 1. The van der Waals surface area contributed by atoms with Gasteiger partial charge in [-0.3, -0.25) is 4.79 Å². The molecular weight excluding hydrogens is 374 g/mol. The van der Waals surface area contributed by atoms with Crippen molar-refractivity contribution in [1.29, 1.82) is 0 Å². The molecule has 0 unspecified atom stereocenters. The molecule has 3 aromatic carbocycles. The van der Waals surface area contributed by atoms with E-state index < -0.39 is 9.84 Å². The van der Waals surface area contributed by atoms with Gasteiger partial charge < -0.3 is 10.1 Å². The maximum Gasteiger partial charge on any atom is 0.228 e. The zero-order valence-electron chi connectivity index (χ0n) is 14.8. The first kappa shape index (κ1) is 18.0. The lowest BCUT2D eigenvalue weighted by Gasteiger charge is -2.09. The van der Waals surface area contributed by atoms with Crippen molar-refractivity contribution in [3.63, 3.8) is 0 Å². The lowest BCUT2D eigenvalue weighted by Crippen LogP contribution is -2.14. The van der Waals surface area contributed by atoms with Gasteiger partial charge in [0.2, 0.25) is 15.7 Å². The summed E-state index contributed by atoms with van der Waals surface area (Å²) in [4.78, 5) is 12.5. The molecule has 140 valence electrons. The fraction of sp³-hybridized carbons (Fsp3) is 0.0455. The number of benzene rings is 3. The van der Waals surface area contributed by atoms with Crippen molar-refractivity contribution in [2.75, 3.05) is 5.32 Å². The number of fused-ring (bicyclic) bond motifs is 1. The Morgan fingerprint density at radius 3 is 2.36 bits per heavy atom. The third kappa shape index (κ3) is 3.97. The van der Waals surface area contributed by atoms with E-state index in [1.165, 1.54) is 11.5 Å². The quantitative estimate of drug-likeness (QED) is 0.699. The normalized spacial score (nSPS) is 13.7. The number of anilines is 1. The molecule has 1 aliphatic rings. The third-order valence-corrected chi connectivity index (χ3v) is 5.76. The molecule has 1 N–H and O–H groups in total. The molecule has 0 fully saturated rings. The van der Waals surface area contributed by atoms with Crippen molar-refractivity contribution >= 4 is 27.5 Å². The Bertz CT molecular complexity index is 1150. The SMILES string of the molecule is O=C(Cc1ccc(Oc2ccccc2)cc1)Nc1ccc2c(c1)S(=O)(=O)C=C2. The summed E-state index contributed by atoms with van der Waals surface area (Å²) in [5, 5.41) is 3.92. The highest BCUT2D eigenvalue weighted by Crippen LogP contribution is 2.29. The first-order valence-corrected chi connectivity index (χ1v) is 10.2. The highest BCUT2D eigenvalue weighted by molar-refractivity contribution is 7.94. The minimum absolute atomic E-state index is 0.174. The summed E-state index contributed by atoms with van der Waals surface area (Å²) >= 11 is 0. The molecule has 1 aliphatic heterocycles. The molecule has 6 heteroatoms. The number of nitrogens with one attached hydrogen (secondary N) is 1. The first-order chi connectivity index (χ1) is 13.5. The van der Waals surface area contributed by atoms with Crippen LogP contribution < -0.4 is 10.1 Å². The second kappa shape index (κ2) is 7.32. The molecule has 0 aliphatic carbocycles. The number of rotatable bonds is 5. The lowest BCUT2D eigenvalue weighted by molar-refractivity contribution is -0.115. The molecular formula is C22H17NO4S. The second-order valence-electron chi connectivity index (χ2n) is 6.38. The number of amides is 1. The van der Waals surface area contributed by atoms with Gasteiger partial charge in [-0.1, -0.05) is 36.4 Å². The van der Waals surface area contributed by atoms with E-state index in [-0.39, 0.29) is 17.2 Å². The summed E-state index contributed by atoms with van der Waals surface area (Å²) in [6.45, 7) is 0. The molecule has 0 aromatic heterocycles. The van der Waals surface area contributed by atoms with Crippen LogP contribution in [-0.4, -0.2) is 14.3 Å². The van der Waals surface area contributed by atoms with E-state index in [4.69, 9.17) is 4.74 Å². The highest BCUT2D eigenvalue weighted by atomic mass is 32.2. The van der Waals surface area contributed by atoms with E-state index >= 15 is 0 Å². The molecule has 1 amide bonds. The third-order valence-electron chi connectivity index (χ3n) is 4.30. The summed E-state index contributed by atoms with van der Waals surface area (Å²) in [5.41, 5.74) is 1.92. The Hall–Kier alpha value is -3.38. The number of para-hydroxylation sites is 1. The summed E-state index contributed by atoms with van der Waals surface area (Å²) in [6.07, 6.45) is 1.73. The van der Waals surface area contributed by atoms with Gasteiger partial charge in [-0.25, -0.2) is 8.42 Å². The van der Waals surface area contributed by atoms with Gasteiger partial charge in [-0.05, 0) is 53.6 Å². The number of ether oxygens (including phenoxy) is 1. The molecule has 4 rings (SSSR count). The Kier molecular flexibility index (Phi) is 4.71. The Morgan fingerprint density at radius 2 is 1.61 bits per heavy atom. The topological polar surface area (TPSA) is 72.5 Å². The van der Waals surface area contributed by atoms with Gasteiger partial charge in [-0.2, -0.15) is 0 Å². The van der Waals surface area contributed by atoms with Gasteiger partial charge in [-0.15, -0.1) is 0 Å².